The summed E-state index contributed by atoms with van der Waals surface area (Å²) in [5.74, 6) is 2.72. The van der Waals surface area contributed by atoms with Gasteiger partial charge in [-0.2, -0.15) is 10.2 Å². The van der Waals surface area contributed by atoms with Crippen molar-refractivity contribution < 1.29 is 23.8 Å². The monoisotopic (exact) mass is 638 g/mol. The van der Waals surface area contributed by atoms with E-state index in [-0.39, 0.29) is 35.2 Å². The van der Waals surface area contributed by atoms with Gasteiger partial charge in [-0.1, -0.05) is 25.5 Å². The fraction of sp³-hybridized carbons (Fsp3) is 0.526. The number of fused-ring (bicyclic) bond motifs is 2. The molecule has 3 aliphatic heterocycles. The van der Waals surface area contributed by atoms with Crippen LogP contribution in [0.3, 0.4) is 0 Å². The smallest absolute Gasteiger partial charge is 0.246 e. The molecule has 3 unspecified atom stereocenters. The molecular weight excluding hydrogens is 592 g/mol. The van der Waals surface area contributed by atoms with E-state index in [1.54, 1.807) is 12.1 Å². The van der Waals surface area contributed by atoms with Crippen molar-refractivity contribution >= 4 is 23.2 Å². The number of rotatable bonds is 11. The maximum atomic E-state index is 13.6. The fourth-order valence-electron chi connectivity index (χ4n) is 8.05. The molecule has 1 N–H and O–H groups in total. The van der Waals surface area contributed by atoms with Gasteiger partial charge in [0.25, 0.3) is 0 Å². The molecule has 2 amide bonds. The van der Waals surface area contributed by atoms with E-state index in [4.69, 9.17) is 19.3 Å². The molecule has 2 aliphatic carbocycles. The predicted octanol–water partition coefficient (Wildman–Crippen LogP) is 6.57. The van der Waals surface area contributed by atoms with Crippen LogP contribution in [0, 0.1) is 17.8 Å². The lowest BCUT2D eigenvalue weighted by Crippen LogP contribution is -2.46. The molecule has 2 aromatic carbocycles. The van der Waals surface area contributed by atoms with Crippen molar-refractivity contribution in [2.45, 2.75) is 89.6 Å². The number of benzene rings is 2. The number of allylic oxidation sites excluding steroid dienone is 2. The number of nitrogens with one attached hydrogen (secondary N) is 1. The third kappa shape index (κ3) is 6.41. The SMILES string of the molecule is COc1ccc(C2=NN(CCCCCCOc3ccc(C4=NNC(=O)CC4C)cc3)C(=O)C3CC=CCC23)c2c1OC1(CCCC1)C2. The summed E-state index contributed by atoms with van der Waals surface area (Å²) in [7, 11) is 1.71. The van der Waals surface area contributed by atoms with E-state index < -0.39 is 0 Å². The normalized spacial score (nSPS) is 24.3. The van der Waals surface area contributed by atoms with Gasteiger partial charge < -0.3 is 14.2 Å². The van der Waals surface area contributed by atoms with Crippen LogP contribution < -0.4 is 19.6 Å². The van der Waals surface area contributed by atoms with Gasteiger partial charge in [0.1, 0.15) is 11.4 Å². The number of hydrogen-bond acceptors (Lipinski definition) is 7. The first kappa shape index (κ1) is 31.5. The van der Waals surface area contributed by atoms with Crippen LogP contribution in [0.5, 0.6) is 17.2 Å². The Balaban J connectivity index is 0.952. The topological polar surface area (TPSA) is 102 Å². The standard InChI is InChI=1S/C38H46N4O5/c1-25-23-33(43)39-40-34(25)26-13-15-27(16-14-26)46-22-10-4-3-9-21-42-37(44)30-12-6-5-11-28(30)35(41-42)29-17-18-32(45-2)36-31(29)24-38(47-36)19-7-8-20-38/h5-6,13-18,25,28,30H,3-4,7-12,19-24H2,1-2H3,(H,39,43). The molecule has 248 valence electrons. The Morgan fingerprint density at radius 3 is 2.49 bits per heavy atom. The van der Waals surface area contributed by atoms with E-state index in [0.29, 0.717) is 19.6 Å². The van der Waals surface area contributed by atoms with Gasteiger partial charge in [0, 0.05) is 42.3 Å². The molecule has 5 aliphatic rings. The van der Waals surface area contributed by atoms with Gasteiger partial charge in [-0.15, -0.1) is 0 Å². The second-order valence-electron chi connectivity index (χ2n) is 13.8. The van der Waals surface area contributed by atoms with Crippen molar-refractivity contribution in [1.29, 1.82) is 0 Å². The van der Waals surface area contributed by atoms with Gasteiger partial charge in [0.15, 0.2) is 11.5 Å². The number of nitrogens with zero attached hydrogens (tertiary/aromatic N) is 3. The minimum absolute atomic E-state index is 0.0414. The summed E-state index contributed by atoms with van der Waals surface area (Å²) in [6.45, 7) is 3.28. The molecule has 3 heterocycles. The van der Waals surface area contributed by atoms with E-state index >= 15 is 0 Å². The molecule has 9 nitrogen and oxygen atoms in total. The Bertz CT molecular complexity index is 1590. The van der Waals surface area contributed by atoms with Gasteiger partial charge >= 0.3 is 0 Å². The summed E-state index contributed by atoms with van der Waals surface area (Å²) in [6.07, 6.45) is 15.7. The number of methoxy groups -OCH3 is 1. The maximum Gasteiger partial charge on any atom is 0.246 e. The number of unbranched alkanes of at least 4 members (excludes halogenated alkanes) is 3. The number of hydrazone groups is 2. The average molecular weight is 639 g/mol. The highest BCUT2D eigenvalue weighted by atomic mass is 16.5. The highest BCUT2D eigenvalue weighted by Crippen LogP contribution is 2.50. The highest BCUT2D eigenvalue weighted by molar-refractivity contribution is 6.08. The third-order valence-corrected chi connectivity index (χ3v) is 10.6. The number of hydrogen-bond donors (Lipinski definition) is 1. The van der Waals surface area contributed by atoms with Crippen molar-refractivity contribution in [3.05, 3.63) is 65.2 Å². The van der Waals surface area contributed by atoms with Crippen LogP contribution in [0.1, 0.15) is 94.2 Å². The molecule has 1 saturated carbocycles. The Morgan fingerprint density at radius 1 is 0.957 bits per heavy atom. The van der Waals surface area contributed by atoms with E-state index in [1.165, 1.54) is 18.4 Å². The summed E-state index contributed by atoms with van der Waals surface area (Å²) in [6, 6.07) is 12.1. The quantitative estimate of drug-likeness (QED) is 0.222. The molecule has 3 atom stereocenters. The number of carbonyl (C=O) groups excluding carboxylic acids is 2. The van der Waals surface area contributed by atoms with Crippen LogP contribution in [0.2, 0.25) is 0 Å². The zero-order valence-corrected chi connectivity index (χ0v) is 27.6. The number of carbonyl (C=O) groups is 2. The molecule has 2 aromatic rings. The summed E-state index contributed by atoms with van der Waals surface area (Å²) >= 11 is 0. The van der Waals surface area contributed by atoms with Crippen LogP contribution in [-0.4, -0.2) is 54.1 Å². The summed E-state index contributed by atoms with van der Waals surface area (Å²) < 4.78 is 18.4. The molecule has 1 spiro atoms. The van der Waals surface area contributed by atoms with Crippen molar-refractivity contribution in [2.75, 3.05) is 20.3 Å². The van der Waals surface area contributed by atoms with E-state index in [0.717, 1.165) is 97.6 Å². The lowest BCUT2D eigenvalue weighted by molar-refractivity contribution is -0.138. The van der Waals surface area contributed by atoms with Crippen LogP contribution in [0.15, 0.2) is 58.8 Å². The van der Waals surface area contributed by atoms with Gasteiger partial charge in [-0.3, -0.25) is 9.59 Å². The minimum atomic E-state index is -0.126. The second kappa shape index (κ2) is 13.5. The number of ether oxygens (including phenoxy) is 3. The number of amides is 2. The molecule has 0 bridgehead atoms. The lowest BCUT2D eigenvalue weighted by atomic mass is 9.75. The first-order chi connectivity index (χ1) is 22.9. The first-order valence-corrected chi connectivity index (χ1v) is 17.5. The van der Waals surface area contributed by atoms with Crippen LogP contribution >= 0.6 is 0 Å². The third-order valence-electron chi connectivity index (χ3n) is 10.6. The predicted molar refractivity (Wildman–Crippen MR) is 181 cm³/mol. The van der Waals surface area contributed by atoms with E-state index in [1.807, 2.05) is 37.3 Å². The molecular formula is C38H46N4O5. The van der Waals surface area contributed by atoms with Crippen LogP contribution in [0.4, 0.5) is 0 Å². The van der Waals surface area contributed by atoms with Crippen molar-refractivity contribution in [2.24, 2.45) is 28.0 Å². The summed E-state index contributed by atoms with van der Waals surface area (Å²) in [5.41, 5.74) is 7.72. The van der Waals surface area contributed by atoms with E-state index in [2.05, 4.69) is 28.7 Å². The molecule has 0 aromatic heterocycles. The molecule has 9 heteroatoms. The largest absolute Gasteiger partial charge is 0.494 e. The average Bonchev–Trinajstić information content (AvgIpc) is 3.71. The van der Waals surface area contributed by atoms with Crippen LogP contribution in [0.25, 0.3) is 0 Å². The minimum Gasteiger partial charge on any atom is -0.494 e. The lowest BCUT2D eigenvalue weighted by Gasteiger charge is -2.37. The Morgan fingerprint density at radius 2 is 1.72 bits per heavy atom. The molecule has 1 fully saturated rings. The van der Waals surface area contributed by atoms with Crippen molar-refractivity contribution in [3.63, 3.8) is 0 Å². The van der Waals surface area contributed by atoms with Gasteiger partial charge in [0.05, 0.1) is 31.1 Å². The van der Waals surface area contributed by atoms with Crippen molar-refractivity contribution in [3.8, 4) is 17.2 Å². The first-order valence-electron chi connectivity index (χ1n) is 17.5. The van der Waals surface area contributed by atoms with Gasteiger partial charge in [0.2, 0.25) is 11.8 Å². The fourth-order valence-corrected chi connectivity index (χ4v) is 8.05. The highest BCUT2D eigenvalue weighted by Gasteiger charge is 2.46. The summed E-state index contributed by atoms with van der Waals surface area (Å²) in [4.78, 5) is 25.2. The summed E-state index contributed by atoms with van der Waals surface area (Å²) in [5, 5.41) is 11.1. The maximum absolute atomic E-state index is 13.6. The zero-order chi connectivity index (χ0) is 32.4. The van der Waals surface area contributed by atoms with Gasteiger partial charge in [-0.25, -0.2) is 10.4 Å². The second-order valence-corrected chi connectivity index (χ2v) is 13.8. The van der Waals surface area contributed by atoms with Crippen molar-refractivity contribution in [1.82, 2.24) is 10.4 Å². The van der Waals surface area contributed by atoms with Crippen LogP contribution in [-0.2, 0) is 16.0 Å². The Hall–Kier alpha value is -4.14. The van der Waals surface area contributed by atoms with Gasteiger partial charge in [-0.05, 0) is 99.7 Å². The Kier molecular flexibility index (Phi) is 9.06. The molecule has 7 rings (SSSR count). The zero-order valence-electron chi connectivity index (χ0n) is 27.6. The molecule has 0 radical (unpaired) electrons. The van der Waals surface area contributed by atoms with E-state index in [9.17, 15) is 9.59 Å². The molecule has 47 heavy (non-hydrogen) atoms. The molecule has 0 saturated heterocycles. The Labute approximate surface area is 277 Å².